The van der Waals surface area contributed by atoms with E-state index in [4.69, 9.17) is 15.0 Å². The molecule has 0 atom stereocenters. The van der Waals surface area contributed by atoms with Crippen molar-refractivity contribution in [2.45, 2.75) is 0 Å². The van der Waals surface area contributed by atoms with Gasteiger partial charge in [0.05, 0.1) is 0 Å². The van der Waals surface area contributed by atoms with Crippen molar-refractivity contribution in [2.75, 3.05) is 0 Å². The lowest BCUT2D eigenvalue weighted by molar-refractivity contribution is 1.07. The van der Waals surface area contributed by atoms with Gasteiger partial charge in [-0.15, -0.1) is 0 Å². The molecule has 0 spiro atoms. The van der Waals surface area contributed by atoms with E-state index in [1.54, 1.807) is 0 Å². The van der Waals surface area contributed by atoms with E-state index in [9.17, 15) is 0 Å². The molecule has 0 aliphatic carbocycles. The molecule has 0 bridgehead atoms. The van der Waals surface area contributed by atoms with Crippen LogP contribution in [0.3, 0.4) is 0 Å². The summed E-state index contributed by atoms with van der Waals surface area (Å²) in [6.07, 6.45) is 0. The molecule has 0 unspecified atom stereocenters. The van der Waals surface area contributed by atoms with Crippen LogP contribution in [0.4, 0.5) is 0 Å². The minimum Gasteiger partial charge on any atom is -0.208 e. The van der Waals surface area contributed by atoms with Crippen molar-refractivity contribution in [3.63, 3.8) is 0 Å². The van der Waals surface area contributed by atoms with Crippen molar-refractivity contribution in [3.8, 4) is 56.4 Å². The van der Waals surface area contributed by atoms with E-state index in [1.165, 1.54) is 11.1 Å². The van der Waals surface area contributed by atoms with Crippen LogP contribution < -0.4 is 0 Å². The molecule has 0 fully saturated rings. The fourth-order valence-electron chi connectivity index (χ4n) is 4.30. The van der Waals surface area contributed by atoms with Crippen LogP contribution in [-0.2, 0) is 0 Å². The van der Waals surface area contributed by atoms with Crippen LogP contribution in [0.25, 0.3) is 56.4 Å². The monoisotopic (exact) mass is 539 g/mol. The Balaban J connectivity index is 1.40. The highest BCUT2D eigenvalue weighted by atomic mass is 79.9. The number of benzene rings is 5. The molecular formula is C33H22BrN3. The largest absolute Gasteiger partial charge is 0.208 e. The summed E-state index contributed by atoms with van der Waals surface area (Å²) in [5.41, 5.74) is 7.48. The number of halogens is 1. The van der Waals surface area contributed by atoms with E-state index in [1.807, 2.05) is 66.7 Å². The van der Waals surface area contributed by atoms with Gasteiger partial charge in [-0.1, -0.05) is 131 Å². The van der Waals surface area contributed by atoms with E-state index in [0.717, 1.165) is 32.3 Å². The van der Waals surface area contributed by atoms with Crippen LogP contribution in [0.5, 0.6) is 0 Å². The number of hydrogen-bond donors (Lipinski definition) is 0. The average Bonchev–Trinajstić information content (AvgIpc) is 2.98. The van der Waals surface area contributed by atoms with Gasteiger partial charge in [0.2, 0.25) is 0 Å². The predicted octanol–water partition coefficient (Wildman–Crippen LogP) is 8.97. The summed E-state index contributed by atoms with van der Waals surface area (Å²) in [4.78, 5) is 14.5. The number of rotatable bonds is 5. The summed E-state index contributed by atoms with van der Waals surface area (Å²) >= 11 is 3.56. The second-order valence-electron chi connectivity index (χ2n) is 8.71. The first-order valence-electron chi connectivity index (χ1n) is 12.1. The van der Waals surface area contributed by atoms with Gasteiger partial charge in [0.25, 0.3) is 0 Å². The van der Waals surface area contributed by atoms with Crippen molar-refractivity contribution >= 4 is 15.9 Å². The fraction of sp³-hybridized carbons (Fsp3) is 0. The Labute approximate surface area is 224 Å². The molecule has 0 N–H and O–H groups in total. The molecule has 37 heavy (non-hydrogen) atoms. The number of aromatic nitrogens is 3. The van der Waals surface area contributed by atoms with Crippen LogP contribution in [0.15, 0.2) is 138 Å². The van der Waals surface area contributed by atoms with E-state index in [0.29, 0.717) is 17.5 Å². The van der Waals surface area contributed by atoms with E-state index in [-0.39, 0.29) is 0 Å². The van der Waals surface area contributed by atoms with Crippen molar-refractivity contribution in [1.29, 1.82) is 0 Å². The number of nitrogens with zero attached hydrogens (tertiary/aromatic N) is 3. The number of hydrogen-bond acceptors (Lipinski definition) is 3. The Bertz CT molecular complexity index is 1610. The molecule has 4 heteroatoms. The van der Waals surface area contributed by atoms with Crippen molar-refractivity contribution in [2.24, 2.45) is 0 Å². The van der Waals surface area contributed by atoms with Gasteiger partial charge in [0, 0.05) is 21.2 Å². The van der Waals surface area contributed by atoms with Gasteiger partial charge in [0.1, 0.15) is 0 Å². The lowest BCUT2D eigenvalue weighted by Gasteiger charge is -2.10. The second kappa shape index (κ2) is 10.3. The van der Waals surface area contributed by atoms with E-state index in [2.05, 4.69) is 82.7 Å². The first kappa shape index (κ1) is 23.0. The lowest BCUT2D eigenvalue weighted by Crippen LogP contribution is -2.00. The van der Waals surface area contributed by atoms with Crippen molar-refractivity contribution < 1.29 is 0 Å². The molecule has 0 amide bonds. The summed E-state index contributed by atoms with van der Waals surface area (Å²) in [6.45, 7) is 0. The van der Waals surface area contributed by atoms with Crippen molar-refractivity contribution in [1.82, 2.24) is 15.0 Å². The molecule has 0 radical (unpaired) electrons. The summed E-state index contributed by atoms with van der Waals surface area (Å²) < 4.78 is 1.07. The van der Waals surface area contributed by atoms with Gasteiger partial charge in [-0.05, 0) is 40.5 Å². The highest BCUT2D eigenvalue weighted by molar-refractivity contribution is 9.10. The third-order valence-electron chi connectivity index (χ3n) is 6.20. The van der Waals surface area contributed by atoms with Crippen LogP contribution in [0, 0.1) is 0 Å². The standard InChI is InChI=1S/C33H22BrN3/c34-30-16-8-14-28(22-30)24-19-17-23(18-20-24)27-13-7-15-29(21-27)33-36-31(25-9-3-1-4-10-25)35-32(37-33)26-11-5-2-6-12-26/h1-22H. The van der Waals surface area contributed by atoms with Crippen molar-refractivity contribution in [3.05, 3.63) is 138 Å². The zero-order chi connectivity index (χ0) is 25.0. The van der Waals surface area contributed by atoms with Crippen LogP contribution >= 0.6 is 15.9 Å². The molecule has 6 aromatic rings. The predicted molar refractivity (Wildman–Crippen MR) is 155 cm³/mol. The topological polar surface area (TPSA) is 38.7 Å². The van der Waals surface area contributed by atoms with Crippen LogP contribution in [-0.4, -0.2) is 15.0 Å². The maximum absolute atomic E-state index is 4.87. The SMILES string of the molecule is Brc1cccc(-c2ccc(-c3cccc(-c4nc(-c5ccccc5)nc(-c5ccccc5)n4)c3)cc2)c1. The molecule has 3 nitrogen and oxygen atoms in total. The molecule has 0 aliphatic heterocycles. The Morgan fingerprint density at radius 3 is 1.24 bits per heavy atom. The first-order valence-corrected chi connectivity index (χ1v) is 12.9. The highest BCUT2D eigenvalue weighted by Gasteiger charge is 2.13. The quantitative estimate of drug-likeness (QED) is 0.219. The second-order valence-corrected chi connectivity index (χ2v) is 9.62. The molecule has 1 heterocycles. The van der Waals surface area contributed by atoms with Gasteiger partial charge in [0.15, 0.2) is 17.5 Å². The summed E-state index contributed by atoms with van der Waals surface area (Å²) in [5.74, 6) is 1.97. The lowest BCUT2D eigenvalue weighted by atomic mass is 9.99. The average molecular weight is 540 g/mol. The molecule has 0 saturated carbocycles. The minimum absolute atomic E-state index is 0.653. The maximum atomic E-state index is 4.87. The molecule has 6 rings (SSSR count). The summed E-state index contributed by atoms with van der Waals surface area (Å²) in [6, 6.07) is 45.4. The highest BCUT2D eigenvalue weighted by Crippen LogP contribution is 2.30. The van der Waals surface area contributed by atoms with Gasteiger partial charge in [-0.3, -0.25) is 0 Å². The Kier molecular flexibility index (Phi) is 6.40. The van der Waals surface area contributed by atoms with Gasteiger partial charge < -0.3 is 0 Å². The normalized spacial score (nSPS) is 10.8. The van der Waals surface area contributed by atoms with Gasteiger partial charge in [-0.25, -0.2) is 15.0 Å². The molecule has 176 valence electrons. The van der Waals surface area contributed by atoms with E-state index >= 15 is 0 Å². The van der Waals surface area contributed by atoms with Gasteiger partial charge in [-0.2, -0.15) is 0 Å². The first-order chi connectivity index (χ1) is 18.2. The minimum atomic E-state index is 0.653. The molecule has 0 aliphatic rings. The molecular weight excluding hydrogens is 518 g/mol. The third-order valence-corrected chi connectivity index (χ3v) is 6.69. The zero-order valence-corrected chi connectivity index (χ0v) is 21.5. The third kappa shape index (κ3) is 5.11. The fourth-order valence-corrected chi connectivity index (χ4v) is 4.70. The summed E-state index contributed by atoms with van der Waals surface area (Å²) in [5, 5.41) is 0. The molecule has 1 aromatic heterocycles. The summed E-state index contributed by atoms with van der Waals surface area (Å²) in [7, 11) is 0. The molecule has 5 aromatic carbocycles. The smallest absolute Gasteiger partial charge is 0.164 e. The molecule has 0 saturated heterocycles. The zero-order valence-electron chi connectivity index (χ0n) is 19.9. The Hall–Kier alpha value is -4.41. The van der Waals surface area contributed by atoms with Gasteiger partial charge >= 0.3 is 0 Å². The van der Waals surface area contributed by atoms with Crippen LogP contribution in [0.1, 0.15) is 0 Å². The van der Waals surface area contributed by atoms with Crippen LogP contribution in [0.2, 0.25) is 0 Å². The van der Waals surface area contributed by atoms with E-state index < -0.39 is 0 Å². The Morgan fingerprint density at radius 1 is 0.324 bits per heavy atom. The maximum Gasteiger partial charge on any atom is 0.164 e. The Morgan fingerprint density at radius 2 is 0.730 bits per heavy atom.